The first kappa shape index (κ1) is 59.7. The number of benzene rings is 4. The number of amides is 7. The summed E-state index contributed by atoms with van der Waals surface area (Å²) in [4.78, 5) is 105. The van der Waals surface area contributed by atoms with Gasteiger partial charge in [0.25, 0.3) is 11.8 Å². The van der Waals surface area contributed by atoms with Crippen LogP contribution >= 0.6 is 0 Å². The van der Waals surface area contributed by atoms with Crippen LogP contribution in [0.2, 0.25) is 0 Å². The number of hydrogen-bond donors (Lipinski definition) is 6. The van der Waals surface area contributed by atoms with Crippen LogP contribution in [0.1, 0.15) is 143 Å². The fourth-order valence-electron chi connectivity index (χ4n) is 11.1. The lowest BCUT2D eigenvalue weighted by atomic mass is 9.83. The second-order valence-corrected chi connectivity index (χ2v) is 23.8. The Morgan fingerprint density at radius 2 is 1.23 bits per heavy atom. The van der Waals surface area contributed by atoms with E-state index in [1.165, 1.54) is 22.1 Å². The van der Waals surface area contributed by atoms with Crippen molar-refractivity contribution in [3.8, 4) is 0 Å². The van der Waals surface area contributed by atoms with Crippen LogP contribution in [-0.2, 0) is 48.2 Å². The molecule has 1 saturated heterocycles. The van der Waals surface area contributed by atoms with Gasteiger partial charge in [-0.15, -0.1) is 0 Å². The van der Waals surface area contributed by atoms with E-state index in [2.05, 4.69) is 44.0 Å². The average molecular weight is 1080 g/mol. The minimum atomic E-state index is -1.13. The highest BCUT2D eigenvalue weighted by Gasteiger charge is 2.47. The Morgan fingerprint density at radius 1 is 0.684 bits per heavy atom. The number of nitrogens with zero attached hydrogens (tertiary/aromatic N) is 3. The SMILES string of the molecule is CN[C@@H](C)C(=O)NC(C(=O)N1CC(NC(=O)c2ccc(CN(C(=O)C3c4ccccc4CCN3C(=O)C(NC(=O)[C@H](C)NC)C(C)(C)C)[C@H](C)c3ccccc3F)cc2)CC1C(=O)NCC1CCCc2ccccc21)C(C)(C)C. The van der Waals surface area contributed by atoms with E-state index in [-0.39, 0.29) is 60.8 Å². The summed E-state index contributed by atoms with van der Waals surface area (Å²) in [6.45, 7) is 16.9. The van der Waals surface area contributed by atoms with Gasteiger partial charge in [0.05, 0.1) is 18.1 Å². The molecule has 6 unspecified atom stereocenters. The Bertz CT molecular complexity index is 2860. The van der Waals surface area contributed by atoms with Gasteiger partial charge in [-0.3, -0.25) is 33.6 Å². The van der Waals surface area contributed by atoms with Gasteiger partial charge in [-0.25, -0.2) is 4.39 Å². The lowest BCUT2D eigenvalue weighted by molar-refractivity contribution is -0.152. The monoisotopic (exact) mass is 1080 g/mol. The molecule has 1 fully saturated rings. The molecule has 7 amide bonds. The van der Waals surface area contributed by atoms with Crippen LogP contribution in [0.4, 0.5) is 4.39 Å². The number of carbonyl (C=O) groups is 7. The molecule has 2 aliphatic heterocycles. The van der Waals surface area contributed by atoms with Crippen molar-refractivity contribution in [1.29, 1.82) is 0 Å². The van der Waals surface area contributed by atoms with Gasteiger partial charge in [0.2, 0.25) is 29.5 Å². The van der Waals surface area contributed by atoms with Crippen molar-refractivity contribution in [3.63, 3.8) is 0 Å². The maximum atomic E-state index is 15.8. The minimum absolute atomic E-state index is 0.0177. The molecule has 79 heavy (non-hydrogen) atoms. The topological polar surface area (TPSA) is 201 Å². The standard InChI is InChI=1S/C62H82FN9O7/c1-37(64-10)54(73)68-52(61(4,5)6)59(78)70-32-31-42-20-13-15-25-48(42)51(70)58(77)71(39(3)46-23-16-17-26-49(46)63)35-40-27-29-43(30-28-40)56(75)67-45-33-50(57(76)66-34-44-22-18-21-41-19-12-14-24-47(41)44)72(36-45)60(79)53(62(7,8)9)69-55(74)38(2)65-11/h12-17,19-20,23-30,37-39,44-45,50-53,64-65H,18,21-22,31-36H2,1-11H3,(H,66,76)(H,67,75)(H,68,73)(H,69,74)/t37-,38-,39+,44?,45?,50?,51?,52?,53?/m0/s1. The number of aryl methyl sites for hydroxylation is 1. The van der Waals surface area contributed by atoms with Crippen molar-refractivity contribution >= 4 is 41.4 Å². The van der Waals surface area contributed by atoms with Gasteiger partial charge in [0.1, 0.15) is 30.0 Å². The van der Waals surface area contributed by atoms with E-state index >= 15 is 9.18 Å². The molecule has 0 bridgehead atoms. The molecule has 2 heterocycles. The average Bonchev–Trinajstić information content (AvgIpc) is 3.96. The third-order valence-corrected chi connectivity index (χ3v) is 16.2. The van der Waals surface area contributed by atoms with E-state index in [1.807, 2.05) is 77.9 Å². The molecule has 7 rings (SSSR count). The Balaban J connectivity index is 1.14. The molecule has 0 saturated carbocycles. The molecule has 4 aromatic rings. The zero-order valence-corrected chi connectivity index (χ0v) is 47.9. The van der Waals surface area contributed by atoms with E-state index < -0.39 is 88.6 Å². The van der Waals surface area contributed by atoms with Crippen molar-refractivity contribution in [3.05, 3.63) is 142 Å². The Labute approximate surface area is 465 Å². The van der Waals surface area contributed by atoms with Crippen LogP contribution in [0, 0.1) is 16.6 Å². The van der Waals surface area contributed by atoms with Crippen LogP contribution in [0.5, 0.6) is 0 Å². The Morgan fingerprint density at radius 3 is 1.81 bits per heavy atom. The first-order valence-corrected chi connectivity index (χ1v) is 27.9. The molecule has 1 aliphatic carbocycles. The van der Waals surface area contributed by atoms with Crippen LogP contribution in [0.3, 0.4) is 0 Å². The van der Waals surface area contributed by atoms with Crippen LogP contribution in [0.25, 0.3) is 0 Å². The largest absolute Gasteiger partial charge is 0.354 e. The highest BCUT2D eigenvalue weighted by molar-refractivity contribution is 5.97. The summed E-state index contributed by atoms with van der Waals surface area (Å²) >= 11 is 0. The first-order valence-electron chi connectivity index (χ1n) is 27.9. The Hall–Kier alpha value is -6.98. The highest BCUT2D eigenvalue weighted by atomic mass is 19.1. The summed E-state index contributed by atoms with van der Waals surface area (Å²) in [6.07, 6.45) is 3.49. The van der Waals surface area contributed by atoms with Crippen molar-refractivity contribution < 1.29 is 38.0 Å². The van der Waals surface area contributed by atoms with Gasteiger partial charge in [0.15, 0.2) is 0 Å². The molecule has 16 nitrogen and oxygen atoms in total. The van der Waals surface area contributed by atoms with Crippen molar-refractivity contribution in [2.75, 3.05) is 33.7 Å². The number of likely N-dealkylation sites (N-methyl/N-ethyl adjacent to an activating group) is 2. The third kappa shape index (κ3) is 13.9. The predicted molar refractivity (Wildman–Crippen MR) is 303 cm³/mol. The molecule has 4 aromatic carbocycles. The fraction of sp³-hybridized carbons (Fsp3) is 0.500. The molecule has 3 aliphatic rings. The van der Waals surface area contributed by atoms with Crippen LogP contribution in [-0.4, -0.2) is 126 Å². The maximum Gasteiger partial charge on any atom is 0.251 e. The molecule has 6 N–H and O–H groups in total. The molecule has 0 radical (unpaired) electrons. The maximum absolute atomic E-state index is 15.8. The summed E-state index contributed by atoms with van der Waals surface area (Å²) in [6, 6.07) is 22.0. The Kier molecular flexibility index (Phi) is 19.2. The summed E-state index contributed by atoms with van der Waals surface area (Å²) in [5.74, 6) is -3.21. The number of rotatable bonds is 18. The zero-order valence-electron chi connectivity index (χ0n) is 47.9. The van der Waals surface area contributed by atoms with E-state index in [1.54, 1.807) is 87.1 Å². The first-order chi connectivity index (χ1) is 37.4. The van der Waals surface area contributed by atoms with Gasteiger partial charge in [-0.2, -0.15) is 0 Å². The van der Waals surface area contributed by atoms with E-state index in [0.29, 0.717) is 24.1 Å². The molecule has 0 spiro atoms. The molecule has 9 atom stereocenters. The number of carbonyl (C=O) groups excluding carboxylic acids is 7. The lowest BCUT2D eigenvalue weighted by Crippen LogP contribution is -2.60. The molecular weight excluding hydrogens is 1000 g/mol. The predicted octanol–water partition coefficient (Wildman–Crippen LogP) is 6.25. The van der Waals surface area contributed by atoms with Crippen molar-refractivity contribution in [2.24, 2.45) is 10.8 Å². The van der Waals surface area contributed by atoms with Crippen LogP contribution in [0.15, 0.2) is 97.1 Å². The smallest absolute Gasteiger partial charge is 0.251 e. The second kappa shape index (κ2) is 25.4. The van der Waals surface area contributed by atoms with E-state index in [0.717, 1.165) is 24.8 Å². The van der Waals surface area contributed by atoms with Gasteiger partial charge >= 0.3 is 0 Å². The number of halogens is 1. The number of nitrogens with one attached hydrogen (secondary N) is 6. The van der Waals surface area contributed by atoms with Crippen LogP contribution < -0.4 is 31.9 Å². The van der Waals surface area contributed by atoms with Crippen molar-refractivity contribution in [2.45, 2.75) is 155 Å². The molecular formula is C62H82FN9O7. The highest BCUT2D eigenvalue weighted by Crippen LogP contribution is 2.38. The van der Waals surface area contributed by atoms with Gasteiger partial charge in [-0.05, 0) is 124 Å². The van der Waals surface area contributed by atoms with Gasteiger partial charge in [0, 0.05) is 49.3 Å². The molecule has 0 aromatic heterocycles. The normalized spacial score (nSPS) is 20.1. The van der Waals surface area contributed by atoms with Gasteiger partial charge in [-0.1, -0.05) is 120 Å². The molecule has 424 valence electrons. The quantitative estimate of drug-likeness (QED) is 0.0666. The molecule has 17 heteroatoms. The van der Waals surface area contributed by atoms with Gasteiger partial charge < -0.3 is 46.6 Å². The summed E-state index contributed by atoms with van der Waals surface area (Å²) in [5, 5.41) is 18.0. The van der Waals surface area contributed by atoms with E-state index in [4.69, 9.17) is 0 Å². The number of fused-ring (bicyclic) bond motifs is 2. The third-order valence-electron chi connectivity index (χ3n) is 16.2. The zero-order chi connectivity index (χ0) is 57.5. The van der Waals surface area contributed by atoms with E-state index in [9.17, 15) is 28.8 Å². The lowest BCUT2D eigenvalue weighted by Gasteiger charge is -2.43. The summed E-state index contributed by atoms with van der Waals surface area (Å²) < 4.78 is 15.8. The minimum Gasteiger partial charge on any atom is -0.354 e. The fourth-order valence-corrected chi connectivity index (χ4v) is 11.1. The summed E-state index contributed by atoms with van der Waals surface area (Å²) in [7, 11) is 3.32. The summed E-state index contributed by atoms with van der Waals surface area (Å²) in [5.41, 5.74) is 3.70. The van der Waals surface area contributed by atoms with Crippen molar-refractivity contribution in [1.82, 2.24) is 46.6 Å². The second-order valence-electron chi connectivity index (χ2n) is 23.8. The number of likely N-dealkylation sites (tertiary alicyclic amines) is 1. The number of hydrogen-bond acceptors (Lipinski definition) is 9.